The van der Waals surface area contributed by atoms with E-state index >= 15 is 0 Å². The second-order valence-electron chi connectivity index (χ2n) is 6.08. The molecular formula is C14H25N5OS. The van der Waals surface area contributed by atoms with Gasteiger partial charge in [-0.05, 0) is 13.8 Å². The SMILES string of the molecule is C=C(C)CN(CC)C(=O)CSc1nnc(C(C)(C)C)n1N. The molecule has 21 heavy (non-hydrogen) atoms. The van der Waals surface area contributed by atoms with Crippen LogP contribution in [0.5, 0.6) is 0 Å². The summed E-state index contributed by atoms with van der Waals surface area (Å²) in [5, 5.41) is 8.72. The van der Waals surface area contributed by atoms with Crippen molar-refractivity contribution in [2.45, 2.75) is 45.2 Å². The van der Waals surface area contributed by atoms with Crippen LogP contribution < -0.4 is 5.84 Å². The van der Waals surface area contributed by atoms with Gasteiger partial charge in [0.25, 0.3) is 0 Å². The summed E-state index contributed by atoms with van der Waals surface area (Å²) < 4.78 is 1.47. The molecule has 0 saturated heterocycles. The minimum absolute atomic E-state index is 0.0470. The number of aromatic nitrogens is 3. The standard InChI is InChI=1S/C14H25N5OS/c1-7-18(8-10(2)3)11(20)9-21-13-17-16-12(19(13)15)14(4,5)6/h2,7-9,15H2,1,3-6H3. The number of amides is 1. The minimum Gasteiger partial charge on any atom is -0.338 e. The van der Waals surface area contributed by atoms with Crippen molar-refractivity contribution in [3.8, 4) is 0 Å². The average molecular weight is 311 g/mol. The van der Waals surface area contributed by atoms with Crippen LogP contribution in [0.3, 0.4) is 0 Å². The third kappa shape index (κ3) is 4.77. The van der Waals surface area contributed by atoms with E-state index in [1.807, 2.05) is 34.6 Å². The Hall–Kier alpha value is -1.50. The third-order valence-electron chi connectivity index (χ3n) is 2.86. The van der Waals surface area contributed by atoms with Gasteiger partial charge in [0.1, 0.15) is 0 Å². The molecule has 1 heterocycles. The fraction of sp³-hybridized carbons (Fsp3) is 0.643. The minimum atomic E-state index is -0.181. The molecule has 2 N–H and O–H groups in total. The van der Waals surface area contributed by atoms with Crippen molar-refractivity contribution < 1.29 is 4.79 Å². The van der Waals surface area contributed by atoms with Crippen LogP contribution in [0, 0.1) is 0 Å². The lowest BCUT2D eigenvalue weighted by Gasteiger charge is -2.20. The lowest BCUT2D eigenvalue weighted by Crippen LogP contribution is -2.33. The van der Waals surface area contributed by atoms with E-state index in [4.69, 9.17) is 5.84 Å². The Bertz CT molecular complexity index is 518. The fourth-order valence-corrected chi connectivity index (χ4v) is 2.57. The third-order valence-corrected chi connectivity index (χ3v) is 3.78. The second-order valence-corrected chi connectivity index (χ2v) is 7.02. The van der Waals surface area contributed by atoms with Crippen molar-refractivity contribution in [3.05, 3.63) is 18.0 Å². The zero-order chi connectivity index (χ0) is 16.2. The molecule has 1 amide bonds. The van der Waals surface area contributed by atoms with Gasteiger partial charge >= 0.3 is 0 Å². The van der Waals surface area contributed by atoms with Gasteiger partial charge in [-0.2, -0.15) is 0 Å². The van der Waals surface area contributed by atoms with Gasteiger partial charge in [0, 0.05) is 18.5 Å². The predicted molar refractivity (Wildman–Crippen MR) is 86.7 cm³/mol. The first-order valence-electron chi connectivity index (χ1n) is 6.92. The Balaban J connectivity index is 2.69. The number of carbonyl (C=O) groups is 1. The molecular weight excluding hydrogens is 286 g/mol. The molecule has 0 saturated carbocycles. The number of carbonyl (C=O) groups excluding carboxylic acids is 1. The second kappa shape index (κ2) is 6.98. The van der Waals surface area contributed by atoms with Crippen molar-refractivity contribution in [2.75, 3.05) is 24.7 Å². The largest absolute Gasteiger partial charge is 0.338 e. The molecule has 0 atom stereocenters. The van der Waals surface area contributed by atoms with Gasteiger partial charge in [0.15, 0.2) is 5.82 Å². The Morgan fingerprint density at radius 2 is 2.05 bits per heavy atom. The van der Waals surface area contributed by atoms with Crippen molar-refractivity contribution in [2.24, 2.45) is 0 Å². The molecule has 0 bridgehead atoms. The Morgan fingerprint density at radius 1 is 1.43 bits per heavy atom. The zero-order valence-electron chi connectivity index (χ0n) is 13.5. The molecule has 0 unspecified atom stereocenters. The molecule has 0 aliphatic heterocycles. The summed E-state index contributed by atoms with van der Waals surface area (Å²) in [4.78, 5) is 13.9. The van der Waals surface area contributed by atoms with Gasteiger partial charge in [-0.15, -0.1) is 10.2 Å². The van der Waals surface area contributed by atoms with Crippen molar-refractivity contribution in [3.63, 3.8) is 0 Å². The maximum absolute atomic E-state index is 12.2. The van der Waals surface area contributed by atoms with Gasteiger partial charge in [-0.25, -0.2) is 4.68 Å². The Kier molecular flexibility index (Phi) is 5.83. The molecule has 6 nitrogen and oxygen atoms in total. The number of hydrogen-bond acceptors (Lipinski definition) is 5. The summed E-state index contributed by atoms with van der Waals surface area (Å²) in [6.07, 6.45) is 0. The van der Waals surface area contributed by atoms with Crippen LogP contribution in [0.1, 0.15) is 40.4 Å². The molecule has 0 aliphatic carbocycles. The van der Waals surface area contributed by atoms with Crippen LogP contribution in [-0.2, 0) is 10.2 Å². The smallest absolute Gasteiger partial charge is 0.233 e. The lowest BCUT2D eigenvalue weighted by atomic mass is 9.96. The van der Waals surface area contributed by atoms with Crippen LogP contribution >= 0.6 is 11.8 Å². The molecule has 1 rings (SSSR count). The van der Waals surface area contributed by atoms with E-state index in [0.29, 0.717) is 29.8 Å². The van der Waals surface area contributed by atoms with Gasteiger partial charge in [-0.1, -0.05) is 44.7 Å². The zero-order valence-corrected chi connectivity index (χ0v) is 14.3. The monoisotopic (exact) mass is 311 g/mol. The van der Waals surface area contributed by atoms with Gasteiger partial charge < -0.3 is 10.7 Å². The number of rotatable bonds is 6. The van der Waals surface area contributed by atoms with E-state index in [1.54, 1.807) is 4.90 Å². The maximum atomic E-state index is 12.2. The number of nitrogens with zero attached hydrogens (tertiary/aromatic N) is 4. The van der Waals surface area contributed by atoms with Crippen LogP contribution in [0.15, 0.2) is 17.3 Å². The Morgan fingerprint density at radius 3 is 2.48 bits per heavy atom. The molecule has 0 radical (unpaired) electrons. The van der Waals surface area contributed by atoms with Crippen molar-refractivity contribution in [1.82, 2.24) is 19.8 Å². The van der Waals surface area contributed by atoms with E-state index < -0.39 is 0 Å². The molecule has 0 aromatic carbocycles. The first-order valence-corrected chi connectivity index (χ1v) is 7.91. The number of hydrogen-bond donors (Lipinski definition) is 1. The first kappa shape index (κ1) is 17.6. The van der Waals surface area contributed by atoms with E-state index in [-0.39, 0.29) is 11.3 Å². The maximum Gasteiger partial charge on any atom is 0.233 e. The number of nitrogens with two attached hydrogens (primary N) is 1. The normalized spacial score (nSPS) is 11.5. The quantitative estimate of drug-likeness (QED) is 0.492. The van der Waals surface area contributed by atoms with Crippen LogP contribution in [0.25, 0.3) is 0 Å². The van der Waals surface area contributed by atoms with Crippen molar-refractivity contribution in [1.29, 1.82) is 0 Å². The molecule has 0 fully saturated rings. The summed E-state index contributed by atoms with van der Waals surface area (Å²) in [7, 11) is 0. The number of nitrogen functional groups attached to an aromatic ring is 1. The fourth-order valence-electron chi connectivity index (χ4n) is 1.81. The summed E-state index contributed by atoms with van der Waals surface area (Å²) in [6.45, 7) is 15.0. The highest BCUT2D eigenvalue weighted by molar-refractivity contribution is 7.99. The van der Waals surface area contributed by atoms with Crippen LogP contribution in [-0.4, -0.2) is 44.5 Å². The highest BCUT2D eigenvalue weighted by atomic mass is 32.2. The molecule has 7 heteroatoms. The van der Waals surface area contributed by atoms with Crippen LogP contribution in [0.4, 0.5) is 0 Å². The first-order chi connectivity index (χ1) is 9.66. The van der Waals surface area contributed by atoms with Crippen LogP contribution in [0.2, 0.25) is 0 Å². The topological polar surface area (TPSA) is 77.0 Å². The van der Waals surface area contributed by atoms with E-state index in [9.17, 15) is 4.79 Å². The predicted octanol–water partition coefficient (Wildman–Crippen LogP) is 1.81. The van der Waals surface area contributed by atoms with E-state index in [2.05, 4.69) is 16.8 Å². The summed E-state index contributed by atoms with van der Waals surface area (Å²) in [5.74, 6) is 7.04. The van der Waals surface area contributed by atoms with Crippen molar-refractivity contribution >= 4 is 17.7 Å². The van der Waals surface area contributed by atoms with Gasteiger partial charge in [0.2, 0.25) is 11.1 Å². The molecule has 118 valence electrons. The van der Waals surface area contributed by atoms with E-state index in [0.717, 1.165) is 5.57 Å². The van der Waals surface area contributed by atoms with E-state index in [1.165, 1.54) is 16.4 Å². The highest BCUT2D eigenvalue weighted by Crippen LogP contribution is 2.23. The summed E-state index contributed by atoms with van der Waals surface area (Å²) >= 11 is 1.31. The molecule has 0 aliphatic rings. The highest BCUT2D eigenvalue weighted by Gasteiger charge is 2.23. The molecule has 1 aromatic rings. The average Bonchev–Trinajstić information content (AvgIpc) is 2.74. The lowest BCUT2D eigenvalue weighted by molar-refractivity contribution is -0.127. The summed E-state index contributed by atoms with van der Waals surface area (Å²) in [5.41, 5.74) is 0.784. The number of thioether (sulfide) groups is 1. The Labute approximate surface area is 130 Å². The van der Waals surface area contributed by atoms with Gasteiger partial charge in [-0.3, -0.25) is 4.79 Å². The van der Waals surface area contributed by atoms with Gasteiger partial charge in [0.05, 0.1) is 5.75 Å². The molecule has 1 aromatic heterocycles. The summed E-state index contributed by atoms with van der Waals surface area (Å²) in [6, 6.07) is 0. The molecule has 0 spiro atoms. The number of likely N-dealkylation sites (N-methyl/N-ethyl adjacent to an activating group) is 1.